The second-order valence-electron chi connectivity index (χ2n) is 10.8. The van der Waals surface area contributed by atoms with Crippen LogP contribution in [0.1, 0.15) is 84.7 Å². The summed E-state index contributed by atoms with van der Waals surface area (Å²) < 4.78 is 0. The molecule has 0 spiro atoms. The summed E-state index contributed by atoms with van der Waals surface area (Å²) in [4.78, 5) is 15.1. The average Bonchev–Trinajstić information content (AvgIpc) is 2.83. The van der Waals surface area contributed by atoms with Crippen LogP contribution in [0.4, 0.5) is 0 Å². The molecule has 0 bridgehead atoms. The number of carboxylic acid groups (broad SMARTS) is 1. The van der Waals surface area contributed by atoms with Crippen molar-refractivity contribution >= 4 is 16.9 Å². The highest BCUT2D eigenvalue weighted by Crippen LogP contribution is 2.40. The van der Waals surface area contributed by atoms with Gasteiger partial charge in [-0.2, -0.15) is 0 Å². The van der Waals surface area contributed by atoms with E-state index in [0.29, 0.717) is 6.42 Å². The standard InChI is InChI=1S/C23H36N2O2/c1-21(2,3)13-10-14-15(12-17(24)20(26)27)19(23(7,8)9)25-18(14)16(11-13)22(4,5)6/h10-11,17,25H,12,24H2,1-9H3,(H,26,27)/t17-/m1/s1. The first-order valence-corrected chi connectivity index (χ1v) is 9.72. The van der Waals surface area contributed by atoms with Gasteiger partial charge >= 0.3 is 5.97 Å². The predicted octanol–water partition coefficient (Wildman–Crippen LogP) is 5.01. The molecule has 4 heteroatoms. The molecule has 1 atom stereocenters. The van der Waals surface area contributed by atoms with Gasteiger partial charge in [0, 0.05) is 28.4 Å². The number of carbonyl (C=O) groups is 1. The first kappa shape index (κ1) is 21.5. The summed E-state index contributed by atoms with van der Waals surface area (Å²) >= 11 is 0. The Hall–Kier alpha value is -1.81. The Morgan fingerprint density at radius 2 is 1.56 bits per heavy atom. The van der Waals surface area contributed by atoms with Crippen LogP contribution in [-0.2, 0) is 27.5 Å². The number of aromatic amines is 1. The molecule has 0 radical (unpaired) electrons. The SMILES string of the molecule is CC(C)(C)c1cc(C(C)(C)C)c2[nH]c(C(C)(C)C)c(C[C@@H](N)C(=O)O)c2c1. The predicted molar refractivity (Wildman–Crippen MR) is 114 cm³/mol. The fourth-order valence-corrected chi connectivity index (χ4v) is 3.53. The summed E-state index contributed by atoms with van der Waals surface area (Å²) in [6.07, 6.45) is 0.319. The molecule has 0 saturated carbocycles. The fourth-order valence-electron chi connectivity index (χ4n) is 3.53. The first-order valence-electron chi connectivity index (χ1n) is 9.72. The van der Waals surface area contributed by atoms with Crippen molar-refractivity contribution in [2.24, 2.45) is 5.73 Å². The number of carboxylic acids is 1. The van der Waals surface area contributed by atoms with Crippen LogP contribution in [0.25, 0.3) is 10.9 Å². The van der Waals surface area contributed by atoms with Gasteiger partial charge in [-0.25, -0.2) is 0 Å². The van der Waals surface area contributed by atoms with Crippen LogP contribution in [0, 0.1) is 0 Å². The summed E-state index contributed by atoms with van der Waals surface area (Å²) in [6.45, 7) is 19.7. The molecule has 4 nitrogen and oxygen atoms in total. The van der Waals surface area contributed by atoms with Crippen LogP contribution in [-0.4, -0.2) is 22.1 Å². The van der Waals surface area contributed by atoms with Crippen LogP contribution in [0.5, 0.6) is 0 Å². The van der Waals surface area contributed by atoms with Crippen molar-refractivity contribution in [3.63, 3.8) is 0 Å². The fraction of sp³-hybridized carbons (Fsp3) is 0.609. The minimum absolute atomic E-state index is 0.000456. The molecule has 1 heterocycles. The zero-order valence-electron chi connectivity index (χ0n) is 18.4. The van der Waals surface area contributed by atoms with Gasteiger partial charge in [-0.05, 0) is 33.6 Å². The van der Waals surface area contributed by atoms with E-state index in [0.717, 1.165) is 22.2 Å². The van der Waals surface area contributed by atoms with E-state index >= 15 is 0 Å². The summed E-state index contributed by atoms with van der Waals surface area (Å²) in [5, 5.41) is 10.5. The Bertz CT molecular complexity index is 856. The lowest BCUT2D eigenvalue weighted by atomic mass is 9.79. The van der Waals surface area contributed by atoms with E-state index in [2.05, 4.69) is 79.4 Å². The average molecular weight is 373 g/mol. The minimum atomic E-state index is -0.966. The maximum atomic E-state index is 11.4. The van der Waals surface area contributed by atoms with Crippen LogP contribution in [0.15, 0.2) is 12.1 Å². The van der Waals surface area contributed by atoms with Crippen molar-refractivity contribution < 1.29 is 9.90 Å². The zero-order valence-corrected chi connectivity index (χ0v) is 18.4. The molecular formula is C23H36N2O2. The molecule has 0 aliphatic rings. The van der Waals surface area contributed by atoms with Crippen molar-refractivity contribution in [1.29, 1.82) is 0 Å². The van der Waals surface area contributed by atoms with Gasteiger partial charge in [0.05, 0.1) is 0 Å². The number of aliphatic carboxylic acids is 1. The molecule has 0 aliphatic carbocycles. The Labute approximate surface area is 163 Å². The lowest BCUT2D eigenvalue weighted by molar-refractivity contribution is -0.138. The van der Waals surface area contributed by atoms with Crippen LogP contribution < -0.4 is 5.73 Å². The van der Waals surface area contributed by atoms with Gasteiger partial charge < -0.3 is 15.8 Å². The summed E-state index contributed by atoms with van der Waals surface area (Å²) in [5.74, 6) is -0.966. The van der Waals surface area contributed by atoms with E-state index in [1.807, 2.05) is 0 Å². The number of nitrogens with one attached hydrogen (secondary N) is 1. The normalized spacial score (nSPS) is 14.6. The van der Waals surface area contributed by atoms with Gasteiger partial charge in [0.2, 0.25) is 0 Å². The molecule has 0 saturated heterocycles. The monoisotopic (exact) mass is 372 g/mol. The van der Waals surface area contributed by atoms with Gasteiger partial charge in [0.1, 0.15) is 6.04 Å². The Morgan fingerprint density at radius 3 is 1.96 bits per heavy atom. The van der Waals surface area contributed by atoms with Gasteiger partial charge in [-0.3, -0.25) is 4.79 Å². The van der Waals surface area contributed by atoms with E-state index in [1.165, 1.54) is 11.1 Å². The van der Waals surface area contributed by atoms with E-state index in [4.69, 9.17) is 5.73 Å². The molecule has 2 aromatic rings. The molecule has 150 valence electrons. The second kappa shape index (κ2) is 6.66. The number of hydrogen-bond donors (Lipinski definition) is 3. The molecule has 2 rings (SSSR count). The summed E-state index contributed by atoms with van der Waals surface area (Å²) in [5.41, 5.74) is 11.5. The third-order valence-electron chi connectivity index (χ3n) is 5.18. The number of rotatable bonds is 3. The van der Waals surface area contributed by atoms with Gasteiger partial charge in [0.15, 0.2) is 0 Å². The minimum Gasteiger partial charge on any atom is -0.480 e. The molecule has 4 N–H and O–H groups in total. The molecule has 0 amide bonds. The third-order valence-corrected chi connectivity index (χ3v) is 5.18. The second-order valence-corrected chi connectivity index (χ2v) is 10.8. The maximum Gasteiger partial charge on any atom is 0.320 e. The van der Waals surface area contributed by atoms with Crippen molar-refractivity contribution in [3.8, 4) is 0 Å². The zero-order chi connectivity index (χ0) is 20.9. The lowest BCUT2D eigenvalue weighted by Crippen LogP contribution is -2.33. The van der Waals surface area contributed by atoms with Gasteiger partial charge in [-0.1, -0.05) is 68.4 Å². The molecular weight excluding hydrogens is 336 g/mol. The van der Waals surface area contributed by atoms with E-state index in [1.54, 1.807) is 0 Å². The van der Waals surface area contributed by atoms with Crippen molar-refractivity contribution in [2.45, 2.75) is 91.0 Å². The van der Waals surface area contributed by atoms with Crippen LogP contribution >= 0.6 is 0 Å². The maximum absolute atomic E-state index is 11.4. The summed E-state index contributed by atoms with van der Waals surface area (Å²) in [6, 6.07) is 3.60. The van der Waals surface area contributed by atoms with Gasteiger partial charge in [0.25, 0.3) is 0 Å². The third kappa shape index (κ3) is 4.37. The number of hydrogen-bond acceptors (Lipinski definition) is 2. The van der Waals surface area contributed by atoms with Crippen molar-refractivity contribution in [1.82, 2.24) is 4.98 Å². The number of benzene rings is 1. The number of fused-ring (bicyclic) bond motifs is 1. The van der Waals surface area contributed by atoms with Gasteiger partial charge in [-0.15, -0.1) is 0 Å². The molecule has 27 heavy (non-hydrogen) atoms. The topological polar surface area (TPSA) is 79.1 Å². The Balaban J connectivity index is 2.93. The lowest BCUT2D eigenvalue weighted by Gasteiger charge is -2.26. The highest BCUT2D eigenvalue weighted by atomic mass is 16.4. The number of H-pyrrole nitrogens is 1. The molecule has 1 aromatic carbocycles. The highest BCUT2D eigenvalue weighted by Gasteiger charge is 2.30. The molecule has 1 aromatic heterocycles. The Morgan fingerprint density at radius 1 is 1.00 bits per heavy atom. The van der Waals surface area contributed by atoms with Crippen molar-refractivity contribution in [3.05, 3.63) is 34.5 Å². The number of aromatic nitrogens is 1. The van der Waals surface area contributed by atoms with E-state index in [-0.39, 0.29) is 16.2 Å². The van der Waals surface area contributed by atoms with E-state index in [9.17, 15) is 9.90 Å². The van der Waals surface area contributed by atoms with Crippen LogP contribution in [0.3, 0.4) is 0 Å². The largest absolute Gasteiger partial charge is 0.480 e. The first-order chi connectivity index (χ1) is 12.0. The molecule has 0 fully saturated rings. The smallest absolute Gasteiger partial charge is 0.320 e. The highest BCUT2D eigenvalue weighted by molar-refractivity contribution is 5.90. The van der Waals surface area contributed by atoms with E-state index < -0.39 is 12.0 Å². The quantitative estimate of drug-likeness (QED) is 0.708. The molecule has 0 unspecified atom stereocenters. The summed E-state index contributed by atoms with van der Waals surface area (Å²) in [7, 11) is 0. The number of nitrogens with two attached hydrogens (primary N) is 1. The Kier molecular flexibility index (Phi) is 5.30. The molecule has 0 aliphatic heterocycles. The van der Waals surface area contributed by atoms with Crippen molar-refractivity contribution in [2.75, 3.05) is 0 Å². The van der Waals surface area contributed by atoms with Crippen LogP contribution in [0.2, 0.25) is 0 Å².